The number of carbonyl (C=O) groups is 5. The van der Waals surface area contributed by atoms with Crippen molar-refractivity contribution in [2.45, 2.75) is 77.5 Å². The fourth-order valence-electron chi connectivity index (χ4n) is 4.05. The molecule has 0 aromatic heterocycles. The van der Waals surface area contributed by atoms with Crippen LogP contribution in [0.5, 0.6) is 0 Å². The maximum Gasteiger partial charge on any atom is 0.408 e. The molecule has 0 saturated heterocycles. The number of benzene rings is 3. The summed E-state index contributed by atoms with van der Waals surface area (Å²) in [6.07, 6.45) is -1.88. The Balaban J connectivity index is 1.70. The van der Waals surface area contributed by atoms with Crippen LogP contribution in [0.2, 0.25) is 0 Å². The predicted molar refractivity (Wildman–Crippen MR) is 168 cm³/mol. The molecule has 46 heavy (non-hydrogen) atoms. The number of ether oxygens (including phenoxy) is 4. The first-order chi connectivity index (χ1) is 22.0. The lowest BCUT2D eigenvalue weighted by Crippen LogP contribution is -2.53. The summed E-state index contributed by atoms with van der Waals surface area (Å²) < 4.78 is 21.3. The first kappa shape index (κ1) is 35.3. The van der Waals surface area contributed by atoms with E-state index < -0.39 is 54.0 Å². The maximum absolute atomic E-state index is 13.5. The SMILES string of the molecule is CC(C)(C)OC(=O)N[C@@H](CC(=O)OCc1ccccc1)C(=O)N[C@H](CCC(=O)OCc1ccccc1)C(=O)OCc1ccccc1. The fourth-order valence-corrected chi connectivity index (χ4v) is 4.05. The van der Waals surface area contributed by atoms with Crippen LogP contribution in [0.15, 0.2) is 91.0 Å². The third-order valence-electron chi connectivity index (χ3n) is 6.33. The van der Waals surface area contributed by atoms with Gasteiger partial charge in [-0.3, -0.25) is 14.4 Å². The monoisotopic (exact) mass is 632 g/mol. The van der Waals surface area contributed by atoms with Crippen molar-refractivity contribution >= 4 is 29.9 Å². The smallest absolute Gasteiger partial charge is 0.408 e. The molecule has 11 nitrogen and oxygen atoms in total. The first-order valence-electron chi connectivity index (χ1n) is 14.9. The number of nitrogens with one attached hydrogen (secondary N) is 2. The summed E-state index contributed by atoms with van der Waals surface area (Å²) in [5, 5.41) is 4.92. The number of carbonyl (C=O) groups excluding carboxylic acids is 5. The molecule has 3 aromatic carbocycles. The van der Waals surface area contributed by atoms with Crippen LogP contribution >= 0.6 is 0 Å². The summed E-state index contributed by atoms with van der Waals surface area (Å²) in [6.45, 7) is 4.86. The summed E-state index contributed by atoms with van der Waals surface area (Å²) in [4.78, 5) is 64.5. The van der Waals surface area contributed by atoms with Gasteiger partial charge >= 0.3 is 24.0 Å². The van der Waals surface area contributed by atoms with E-state index in [0.717, 1.165) is 11.1 Å². The second-order valence-corrected chi connectivity index (χ2v) is 11.4. The van der Waals surface area contributed by atoms with Gasteiger partial charge < -0.3 is 29.6 Å². The molecule has 0 aliphatic rings. The second-order valence-electron chi connectivity index (χ2n) is 11.4. The summed E-state index contributed by atoms with van der Waals surface area (Å²) in [5.41, 5.74) is 1.35. The Morgan fingerprint density at radius 1 is 0.609 bits per heavy atom. The molecule has 0 aliphatic carbocycles. The minimum Gasteiger partial charge on any atom is -0.461 e. The van der Waals surface area contributed by atoms with Crippen molar-refractivity contribution in [1.82, 2.24) is 10.6 Å². The molecule has 0 radical (unpaired) electrons. The molecule has 0 saturated carbocycles. The van der Waals surface area contributed by atoms with Gasteiger partial charge in [-0.15, -0.1) is 0 Å². The molecule has 2 atom stereocenters. The highest BCUT2D eigenvalue weighted by Crippen LogP contribution is 2.11. The Morgan fingerprint density at radius 3 is 1.54 bits per heavy atom. The van der Waals surface area contributed by atoms with Crippen LogP contribution in [0.4, 0.5) is 4.79 Å². The highest BCUT2D eigenvalue weighted by Gasteiger charge is 2.31. The molecule has 0 heterocycles. The largest absolute Gasteiger partial charge is 0.461 e. The van der Waals surface area contributed by atoms with E-state index in [2.05, 4.69) is 10.6 Å². The number of hydrogen-bond donors (Lipinski definition) is 2. The molecule has 3 rings (SSSR count). The molecule has 0 unspecified atom stereocenters. The lowest BCUT2D eigenvalue weighted by atomic mass is 10.1. The fraction of sp³-hybridized carbons (Fsp3) is 0.343. The molecule has 0 spiro atoms. The van der Waals surface area contributed by atoms with Crippen LogP contribution in [0, 0.1) is 0 Å². The van der Waals surface area contributed by atoms with E-state index in [-0.39, 0.29) is 32.7 Å². The highest BCUT2D eigenvalue weighted by molar-refractivity contribution is 5.92. The van der Waals surface area contributed by atoms with E-state index in [1.807, 2.05) is 30.3 Å². The van der Waals surface area contributed by atoms with Gasteiger partial charge in [0.1, 0.15) is 37.5 Å². The predicted octanol–water partition coefficient (Wildman–Crippen LogP) is 4.77. The van der Waals surface area contributed by atoms with Crippen molar-refractivity contribution in [3.05, 3.63) is 108 Å². The van der Waals surface area contributed by atoms with E-state index in [4.69, 9.17) is 18.9 Å². The van der Waals surface area contributed by atoms with E-state index in [1.54, 1.807) is 81.4 Å². The summed E-state index contributed by atoms with van der Waals surface area (Å²) in [7, 11) is 0. The van der Waals surface area contributed by atoms with Crippen LogP contribution in [-0.4, -0.2) is 47.6 Å². The second kappa shape index (κ2) is 17.9. The highest BCUT2D eigenvalue weighted by atomic mass is 16.6. The lowest BCUT2D eigenvalue weighted by Gasteiger charge is -2.24. The topological polar surface area (TPSA) is 146 Å². The van der Waals surface area contributed by atoms with Gasteiger partial charge in [-0.25, -0.2) is 9.59 Å². The van der Waals surface area contributed by atoms with Crippen molar-refractivity contribution in [1.29, 1.82) is 0 Å². The van der Waals surface area contributed by atoms with Gasteiger partial charge in [0, 0.05) is 6.42 Å². The number of rotatable bonds is 15. The van der Waals surface area contributed by atoms with Crippen LogP contribution in [0.1, 0.15) is 56.7 Å². The molecule has 0 bridgehead atoms. The van der Waals surface area contributed by atoms with Gasteiger partial charge in [0.25, 0.3) is 0 Å². The maximum atomic E-state index is 13.5. The Labute approximate surface area is 268 Å². The molecular formula is C35H40N2O9. The summed E-state index contributed by atoms with van der Waals surface area (Å²) in [5.74, 6) is -3.04. The zero-order valence-corrected chi connectivity index (χ0v) is 26.2. The molecule has 2 amide bonds. The zero-order chi connectivity index (χ0) is 33.4. The van der Waals surface area contributed by atoms with Crippen LogP contribution in [0.25, 0.3) is 0 Å². The Kier molecular flexibility index (Phi) is 13.8. The van der Waals surface area contributed by atoms with Crippen molar-refractivity contribution in [2.24, 2.45) is 0 Å². The van der Waals surface area contributed by atoms with Crippen molar-refractivity contribution in [2.75, 3.05) is 0 Å². The van der Waals surface area contributed by atoms with Gasteiger partial charge in [0.05, 0.1) is 6.42 Å². The van der Waals surface area contributed by atoms with E-state index in [0.29, 0.717) is 5.56 Å². The average molecular weight is 633 g/mol. The van der Waals surface area contributed by atoms with Crippen molar-refractivity contribution < 1.29 is 42.9 Å². The minimum absolute atomic E-state index is 0.0417. The number of hydrogen-bond acceptors (Lipinski definition) is 9. The average Bonchev–Trinajstić information content (AvgIpc) is 3.03. The van der Waals surface area contributed by atoms with Gasteiger partial charge in [0.2, 0.25) is 5.91 Å². The zero-order valence-electron chi connectivity index (χ0n) is 26.2. The standard InChI is InChI=1S/C35H40N2O9/c1-35(2,3)46-34(42)37-29(21-31(39)44-23-26-15-9-5-10-16-26)32(40)36-28(33(41)45-24-27-17-11-6-12-18-27)19-20-30(38)43-22-25-13-7-4-8-14-25/h4-18,28-29H,19-24H2,1-3H3,(H,36,40)(H,37,42)/t28-,29+/m1/s1. The third-order valence-corrected chi connectivity index (χ3v) is 6.33. The molecule has 0 fully saturated rings. The lowest BCUT2D eigenvalue weighted by molar-refractivity contribution is -0.151. The van der Waals surface area contributed by atoms with Crippen molar-refractivity contribution in [3.8, 4) is 0 Å². The first-order valence-corrected chi connectivity index (χ1v) is 14.9. The molecular weight excluding hydrogens is 592 g/mol. The number of esters is 3. The summed E-state index contributed by atoms with van der Waals surface area (Å²) >= 11 is 0. The van der Waals surface area contributed by atoms with E-state index in [9.17, 15) is 24.0 Å². The quantitative estimate of drug-likeness (QED) is 0.179. The van der Waals surface area contributed by atoms with E-state index >= 15 is 0 Å². The van der Waals surface area contributed by atoms with Gasteiger partial charge in [-0.2, -0.15) is 0 Å². The van der Waals surface area contributed by atoms with E-state index in [1.165, 1.54) is 0 Å². The molecule has 0 aliphatic heterocycles. The Hall–Kier alpha value is -5.19. The molecule has 11 heteroatoms. The van der Waals surface area contributed by atoms with Crippen LogP contribution < -0.4 is 10.6 Å². The van der Waals surface area contributed by atoms with Gasteiger partial charge in [0.15, 0.2) is 0 Å². The molecule has 3 aromatic rings. The van der Waals surface area contributed by atoms with Crippen LogP contribution in [-0.2, 0) is 57.9 Å². The summed E-state index contributed by atoms with van der Waals surface area (Å²) in [6, 6.07) is 24.2. The molecule has 244 valence electrons. The number of amides is 2. The Morgan fingerprint density at radius 2 is 1.07 bits per heavy atom. The number of alkyl carbamates (subject to hydrolysis) is 1. The van der Waals surface area contributed by atoms with Gasteiger partial charge in [-0.05, 0) is 43.9 Å². The molecule has 2 N–H and O–H groups in total. The Bertz CT molecular complexity index is 1420. The third kappa shape index (κ3) is 13.6. The minimum atomic E-state index is -1.47. The van der Waals surface area contributed by atoms with Crippen molar-refractivity contribution in [3.63, 3.8) is 0 Å². The van der Waals surface area contributed by atoms with Crippen LogP contribution in [0.3, 0.4) is 0 Å². The van der Waals surface area contributed by atoms with Gasteiger partial charge in [-0.1, -0.05) is 91.0 Å². The normalized spacial score (nSPS) is 12.2.